The van der Waals surface area contributed by atoms with Crippen molar-refractivity contribution in [3.05, 3.63) is 0 Å². The van der Waals surface area contributed by atoms with Crippen LogP contribution in [0.5, 0.6) is 0 Å². The molecule has 2 atom stereocenters. The quantitative estimate of drug-likeness (QED) is 0.798. The van der Waals surface area contributed by atoms with Gasteiger partial charge in [0, 0.05) is 18.6 Å². The van der Waals surface area contributed by atoms with Crippen LogP contribution in [0.15, 0.2) is 0 Å². The molecule has 0 amide bonds. The van der Waals surface area contributed by atoms with E-state index in [4.69, 9.17) is 5.73 Å². The molecule has 1 aliphatic rings. The fourth-order valence-corrected chi connectivity index (χ4v) is 4.51. The second kappa shape index (κ2) is 4.63. The first-order valence-electron chi connectivity index (χ1n) is 5.87. The highest BCUT2D eigenvalue weighted by Gasteiger charge is 2.34. The van der Waals surface area contributed by atoms with Crippen LogP contribution in [0.25, 0.3) is 0 Å². The average Bonchev–Trinajstić information content (AvgIpc) is 1.97. The van der Waals surface area contributed by atoms with Crippen LogP contribution in [0.1, 0.15) is 40.5 Å². The zero-order valence-corrected chi connectivity index (χ0v) is 11.5. The smallest absolute Gasteiger partial charge is 0.214 e. The van der Waals surface area contributed by atoms with E-state index in [1.54, 1.807) is 4.31 Å². The third-order valence-electron chi connectivity index (χ3n) is 2.83. The lowest BCUT2D eigenvalue weighted by Crippen LogP contribution is -2.50. The molecule has 0 saturated carbocycles. The van der Waals surface area contributed by atoms with Crippen LogP contribution in [-0.4, -0.2) is 37.1 Å². The summed E-state index contributed by atoms with van der Waals surface area (Å²) in [5.41, 5.74) is 5.64. The predicted molar refractivity (Wildman–Crippen MR) is 66.6 cm³/mol. The summed E-state index contributed by atoms with van der Waals surface area (Å²) in [6.45, 7) is 8.36. The first-order valence-corrected chi connectivity index (χ1v) is 7.48. The molecular formula is C11H24N2O2S. The molecule has 1 aliphatic heterocycles. The molecular weight excluding hydrogens is 224 g/mol. The Balaban J connectivity index is 2.77. The van der Waals surface area contributed by atoms with Crippen LogP contribution >= 0.6 is 0 Å². The summed E-state index contributed by atoms with van der Waals surface area (Å²) in [7, 11) is -3.14. The molecule has 96 valence electrons. The van der Waals surface area contributed by atoms with Gasteiger partial charge in [-0.15, -0.1) is 0 Å². The zero-order chi connectivity index (χ0) is 12.6. The van der Waals surface area contributed by atoms with Crippen molar-refractivity contribution >= 4 is 10.0 Å². The third-order valence-corrected chi connectivity index (χ3v) is 5.32. The molecule has 0 aromatic heterocycles. The molecule has 1 rings (SSSR count). The Morgan fingerprint density at radius 2 is 1.94 bits per heavy atom. The molecule has 0 radical (unpaired) electrons. The predicted octanol–water partition coefficient (Wildman–Crippen LogP) is 1.17. The molecule has 0 aliphatic carbocycles. The summed E-state index contributed by atoms with van der Waals surface area (Å²) < 4.78 is 26.0. The van der Waals surface area contributed by atoms with Gasteiger partial charge in [-0.1, -0.05) is 20.8 Å². The van der Waals surface area contributed by atoms with E-state index in [0.717, 1.165) is 12.8 Å². The molecule has 1 heterocycles. The highest BCUT2D eigenvalue weighted by molar-refractivity contribution is 7.89. The molecule has 4 nitrogen and oxygen atoms in total. The van der Waals surface area contributed by atoms with Crippen molar-refractivity contribution < 1.29 is 8.42 Å². The summed E-state index contributed by atoms with van der Waals surface area (Å²) in [6.07, 6.45) is 1.54. The monoisotopic (exact) mass is 248 g/mol. The van der Waals surface area contributed by atoms with E-state index in [1.807, 2.05) is 27.7 Å². The van der Waals surface area contributed by atoms with Crippen molar-refractivity contribution in [2.75, 3.05) is 12.3 Å². The molecule has 1 fully saturated rings. The highest BCUT2D eigenvalue weighted by Crippen LogP contribution is 2.24. The molecule has 0 bridgehead atoms. The number of piperidine rings is 1. The molecule has 0 aromatic carbocycles. The number of nitrogens with zero attached hydrogens (tertiary/aromatic N) is 1. The van der Waals surface area contributed by atoms with Crippen LogP contribution in [0, 0.1) is 5.41 Å². The largest absolute Gasteiger partial charge is 0.328 e. The summed E-state index contributed by atoms with van der Waals surface area (Å²) in [6, 6.07) is 0.187. The minimum absolute atomic E-state index is 0.0381. The summed E-state index contributed by atoms with van der Waals surface area (Å²) >= 11 is 0. The summed E-state index contributed by atoms with van der Waals surface area (Å²) in [5, 5.41) is 0. The minimum atomic E-state index is -3.14. The average molecular weight is 248 g/mol. The first-order chi connectivity index (χ1) is 7.12. The van der Waals surface area contributed by atoms with Crippen molar-refractivity contribution in [2.24, 2.45) is 11.1 Å². The molecule has 16 heavy (non-hydrogen) atoms. The van der Waals surface area contributed by atoms with E-state index < -0.39 is 10.0 Å². The van der Waals surface area contributed by atoms with Crippen LogP contribution in [-0.2, 0) is 10.0 Å². The van der Waals surface area contributed by atoms with E-state index in [-0.39, 0.29) is 23.3 Å². The Labute approximate surface area is 99.2 Å². The van der Waals surface area contributed by atoms with Gasteiger partial charge < -0.3 is 5.73 Å². The molecule has 5 heteroatoms. The summed E-state index contributed by atoms with van der Waals surface area (Å²) in [5.74, 6) is 0.208. The molecule has 2 unspecified atom stereocenters. The Morgan fingerprint density at radius 1 is 1.38 bits per heavy atom. The lowest BCUT2D eigenvalue weighted by atomic mass is 10.0. The first kappa shape index (κ1) is 13.9. The Bertz CT molecular complexity index is 332. The van der Waals surface area contributed by atoms with E-state index in [1.165, 1.54) is 0 Å². The van der Waals surface area contributed by atoms with Crippen LogP contribution in [0.4, 0.5) is 0 Å². The standard InChI is InChI=1S/C11H24N2O2S/c1-9-7-10(12)5-6-13(9)16(14,15)8-11(2,3)4/h9-10H,5-8,12H2,1-4H3. The Morgan fingerprint density at radius 3 is 2.38 bits per heavy atom. The number of sulfonamides is 1. The van der Waals surface area contributed by atoms with Crippen molar-refractivity contribution in [2.45, 2.75) is 52.6 Å². The maximum atomic E-state index is 12.2. The van der Waals surface area contributed by atoms with Crippen molar-refractivity contribution in [1.82, 2.24) is 4.31 Å². The lowest BCUT2D eigenvalue weighted by molar-refractivity contribution is 0.244. The van der Waals surface area contributed by atoms with Gasteiger partial charge >= 0.3 is 0 Å². The molecule has 0 aromatic rings. The second-order valence-corrected chi connectivity index (χ2v) is 7.98. The van der Waals surface area contributed by atoms with Gasteiger partial charge in [-0.05, 0) is 25.2 Å². The number of nitrogens with two attached hydrogens (primary N) is 1. The SMILES string of the molecule is CC1CC(N)CCN1S(=O)(=O)CC(C)(C)C. The van der Waals surface area contributed by atoms with Crippen molar-refractivity contribution in [1.29, 1.82) is 0 Å². The van der Waals surface area contributed by atoms with Gasteiger partial charge in [-0.3, -0.25) is 0 Å². The van der Waals surface area contributed by atoms with Gasteiger partial charge in [0.05, 0.1) is 5.75 Å². The van der Waals surface area contributed by atoms with E-state index in [9.17, 15) is 8.42 Å². The summed E-state index contributed by atoms with van der Waals surface area (Å²) in [4.78, 5) is 0. The molecule has 2 N–H and O–H groups in total. The van der Waals surface area contributed by atoms with E-state index in [2.05, 4.69) is 0 Å². The van der Waals surface area contributed by atoms with Gasteiger partial charge in [-0.2, -0.15) is 4.31 Å². The highest BCUT2D eigenvalue weighted by atomic mass is 32.2. The van der Waals surface area contributed by atoms with E-state index in [0.29, 0.717) is 6.54 Å². The van der Waals surface area contributed by atoms with Gasteiger partial charge in [0.1, 0.15) is 0 Å². The fourth-order valence-electron chi connectivity index (χ4n) is 2.23. The number of hydrogen-bond acceptors (Lipinski definition) is 3. The van der Waals surface area contributed by atoms with Crippen LogP contribution in [0.3, 0.4) is 0 Å². The zero-order valence-electron chi connectivity index (χ0n) is 10.7. The van der Waals surface area contributed by atoms with Gasteiger partial charge in [0.15, 0.2) is 0 Å². The Hall–Kier alpha value is -0.130. The number of hydrogen-bond donors (Lipinski definition) is 1. The van der Waals surface area contributed by atoms with Crippen molar-refractivity contribution in [3.63, 3.8) is 0 Å². The minimum Gasteiger partial charge on any atom is -0.328 e. The fraction of sp³-hybridized carbons (Fsp3) is 1.00. The van der Waals surface area contributed by atoms with Crippen LogP contribution < -0.4 is 5.73 Å². The lowest BCUT2D eigenvalue weighted by Gasteiger charge is -2.36. The Kier molecular flexibility index (Phi) is 4.03. The maximum absolute atomic E-state index is 12.2. The topological polar surface area (TPSA) is 63.4 Å². The third kappa shape index (κ3) is 3.71. The second-order valence-electron chi connectivity index (χ2n) is 6.06. The van der Waals surface area contributed by atoms with Gasteiger partial charge in [0.25, 0.3) is 0 Å². The normalized spacial score (nSPS) is 29.3. The van der Waals surface area contributed by atoms with Crippen LogP contribution in [0.2, 0.25) is 0 Å². The van der Waals surface area contributed by atoms with E-state index >= 15 is 0 Å². The number of rotatable bonds is 2. The van der Waals surface area contributed by atoms with Gasteiger partial charge in [0.2, 0.25) is 10.0 Å². The van der Waals surface area contributed by atoms with Crippen molar-refractivity contribution in [3.8, 4) is 0 Å². The van der Waals surface area contributed by atoms with Gasteiger partial charge in [-0.25, -0.2) is 8.42 Å². The maximum Gasteiger partial charge on any atom is 0.214 e. The molecule has 0 spiro atoms. The molecule has 1 saturated heterocycles.